The predicted octanol–water partition coefficient (Wildman–Crippen LogP) is 2.37. The summed E-state index contributed by atoms with van der Waals surface area (Å²) in [6.45, 7) is -0.0962. The molecule has 21 heavy (non-hydrogen) atoms. The summed E-state index contributed by atoms with van der Waals surface area (Å²) in [5.74, 6) is 0. The van der Waals surface area contributed by atoms with Crippen molar-refractivity contribution >= 4 is 23.0 Å². The SMILES string of the molecule is O=c1ccc([N+](=O)[O-])cn1Cc1cc([N+](=O)[O-])ccc1Cl. The highest BCUT2D eigenvalue weighted by Crippen LogP contribution is 2.22. The molecule has 2 aromatic rings. The minimum absolute atomic E-state index is 0.0962. The predicted molar refractivity (Wildman–Crippen MR) is 74.6 cm³/mol. The Bertz CT molecular complexity index is 787. The van der Waals surface area contributed by atoms with Gasteiger partial charge in [-0.2, -0.15) is 0 Å². The molecule has 1 heterocycles. The second-order valence-corrected chi connectivity index (χ2v) is 4.55. The lowest BCUT2D eigenvalue weighted by molar-refractivity contribution is -0.385. The molecule has 0 aliphatic heterocycles. The van der Waals surface area contributed by atoms with E-state index in [9.17, 15) is 25.0 Å². The topological polar surface area (TPSA) is 108 Å². The van der Waals surface area contributed by atoms with E-state index in [1.54, 1.807) is 0 Å². The summed E-state index contributed by atoms with van der Waals surface area (Å²) in [6.07, 6.45) is 1.07. The van der Waals surface area contributed by atoms with Crippen molar-refractivity contribution in [2.45, 2.75) is 6.54 Å². The van der Waals surface area contributed by atoms with Crippen molar-refractivity contribution in [3.05, 3.63) is 77.7 Å². The molecule has 0 fully saturated rings. The van der Waals surface area contributed by atoms with Gasteiger partial charge in [-0.1, -0.05) is 11.6 Å². The van der Waals surface area contributed by atoms with Crippen LogP contribution in [0.3, 0.4) is 0 Å². The molecule has 0 N–H and O–H groups in total. The number of rotatable bonds is 4. The number of nitrogens with zero attached hydrogens (tertiary/aromatic N) is 3. The van der Waals surface area contributed by atoms with E-state index < -0.39 is 15.4 Å². The lowest BCUT2D eigenvalue weighted by atomic mass is 10.2. The van der Waals surface area contributed by atoms with Gasteiger partial charge in [0.1, 0.15) is 0 Å². The van der Waals surface area contributed by atoms with E-state index in [0.717, 1.165) is 22.9 Å². The van der Waals surface area contributed by atoms with Crippen molar-refractivity contribution in [1.29, 1.82) is 0 Å². The number of benzene rings is 1. The second-order valence-electron chi connectivity index (χ2n) is 4.14. The Morgan fingerprint density at radius 2 is 1.67 bits per heavy atom. The number of hydrogen-bond donors (Lipinski definition) is 0. The Labute approximate surface area is 122 Å². The number of pyridine rings is 1. The van der Waals surface area contributed by atoms with E-state index in [1.807, 2.05) is 0 Å². The molecule has 0 atom stereocenters. The standard InChI is InChI=1S/C12H8ClN3O5/c13-11-3-1-9(15(18)19)5-8(11)6-14-7-10(16(20)21)2-4-12(14)17/h1-5,7H,6H2. The van der Waals surface area contributed by atoms with Crippen molar-refractivity contribution in [2.24, 2.45) is 0 Å². The van der Waals surface area contributed by atoms with Crippen LogP contribution < -0.4 is 5.56 Å². The zero-order valence-electron chi connectivity index (χ0n) is 10.4. The molecule has 8 nitrogen and oxygen atoms in total. The molecular formula is C12H8ClN3O5. The monoisotopic (exact) mass is 309 g/mol. The molecule has 108 valence electrons. The van der Waals surface area contributed by atoms with Gasteiger partial charge in [-0.25, -0.2) is 0 Å². The first-order valence-electron chi connectivity index (χ1n) is 5.66. The molecule has 0 spiro atoms. The summed E-state index contributed by atoms with van der Waals surface area (Å²) in [7, 11) is 0. The van der Waals surface area contributed by atoms with Crippen molar-refractivity contribution in [3.8, 4) is 0 Å². The summed E-state index contributed by atoms with van der Waals surface area (Å²) < 4.78 is 1.07. The average molecular weight is 310 g/mol. The van der Waals surface area contributed by atoms with E-state index >= 15 is 0 Å². The van der Waals surface area contributed by atoms with Crippen LogP contribution in [0, 0.1) is 20.2 Å². The highest BCUT2D eigenvalue weighted by Gasteiger charge is 2.13. The number of halogens is 1. The number of nitro benzene ring substituents is 1. The van der Waals surface area contributed by atoms with Gasteiger partial charge in [0.25, 0.3) is 16.9 Å². The zero-order chi connectivity index (χ0) is 15.6. The van der Waals surface area contributed by atoms with E-state index in [1.165, 1.54) is 18.2 Å². The van der Waals surface area contributed by atoms with Gasteiger partial charge >= 0.3 is 0 Å². The molecule has 0 unspecified atom stereocenters. The van der Waals surface area contributed by atoms with Crippen molar-refractivity contribution in [2.75, 3.05) is 0 Å². The summed E-state index contributed by atoms with van der Waals surface area (Å²) in [4.78, 5) is 31.9. The number of nitro groups is 2. The number of hydrogen-bond acceptors (Lipinski definition) is 5. The smallest absolute Gasteiger partial charge is 0.285 e. The van der Waals surface area contributed by atoms with Crippen LogP contribution in [0.15, 0.2) is 41.3 Å². The molecule has 0 saturated heterocycles. The first kappa shape index (κ1) is 14.7. The van der Waals surface area contributed by atoms with Gasteiger partial charge in [0.15, 0.2) is 0 Å². The Morgan fingerprint density at radius 3 is 2.29 bits per heavy atom. The van der Waals surface area contributed by atoms with Crippen molar-refractivity contribution in [1.82, 2.24) is 4.57 Å². The normalized spacial score (nSPS) is 10.3. The van der Waals surface area contributed by atoms with Crippen LogP contribution in [-0.2, 0) is 6.54 Å². The van der Waals surface area contributed by atoms with Crippen LogP contribution in [0.5, 0.6) is 0 Å². The molecule has 0 aliphatic rings. The molecule has 0 aliphatic carbocycles. The van der Waals surface area contributed by atoms with Gasteiger partial charge in [0, 0.05) is 29.3 Å². The van der Waals surface area contributed by atoms with Crippen LogP contribution in [0.1, 0.15) is 5.56 Å². The van der Waals surface area contributed by atoms with Crippen LogP contribution >= 0.6 is 11.6 Å². The second kappa shape index (κ2) is 5.71. The van der Waals surface area contributed by atoms with Crippen LogP contribution in [0.2, 0.25) is 5.02 Å². The van der Waals surface area contributed by atoms with E-state index in [2.05, 4.69) is 0 Å². The molecule has 1 aromatic carbocycles. The summed E-state index contributed by atoms with van der Waals surface area (Å²) >= 11 is 5.93. The van der Waals surface area contributed by atoms with Crippen molar-refractivity contribution in [3.63, 3.8) is 0 Å². The fraction of sp³-hybridized carbons (Fsp3) is 0.0833. The van der Waals surface area contributed by atoms with Gasteiger partial charge < -0.3 is 4.57 Å². The Balaban J connectivity index is 2.44. The lowest BCUT2D eigenvalue weighted by Crippen LogP contribution is -2.19. The molecule has 0 bridgehead atoms. The highest BCUT2D eigenvalue weighted by molar-refractivity contribution is 6.31. The maximum atomic E-state index is 11.7. The van der Waals surface area contributed by atoms with Crippen molar-refractivity contribution < 1.29 is 9.85 Å². The minimum Gasteiger partial charge on any atom is -0.304 e. The molecule has 9 heteroatoms. The first-order valence-corrected chi connectivity index (χ1v) is 6.04. The van der Waals surface area contributed by atoms with Gasteiger partial charge in [-0.3, -0.25) is 25.0 Å². The minimum atomic E-state index is -0.634. The maximum absolute atomic E-state index is 11.7. The maximum Gasteiger partial charge on any atom is 0.285 e. The molecule has 0 radical (unpaired) electrons. The van der Waals surface area contributed by atoms with Gasteiger partial charge in [-0.05, 0) is 11.6 Å². The summed E-state index contributed by atoms with van der Waals surface area (Å²) in [6, 6.07) is 5.96. The number of aromatic nitrogens is 1. The molecule has 0 amide bonds. The Hall–Kier alpha value is -2.74. The molecule has 2 rings (SSSR count). The quantitative estimate of drug-likeness (QED) is 0.636. The third kappa shape index (κ3) is 3.23. The van der Waals surface area contributed by atoms with Gasteiger partial charge in [-0.15, -0.1) is 0 Å². The average Bonchev–Trinajstić information content (AvgIpc) is 2.43. The fourth-order valence-corrected chi connectivity index (χ4v) is 1.91. The molecular weight excluding hydrogens is 302 g/mol. The number of non-ortho nitro benzene ring substituents is 1. The van der Waals surface area contributed by atoms with Gasteiger partial charge in [0.05, 0.1) is 22.6 Å². The highest BCUT2D eigenvalue weighted by atomic mass is 35.5. The fourth-order valence-electron chi connectivity index (χ4n) is 1.73. The summed E-state index contributed by atoms with van der Waals surface area (Å²) in [5, 5.41) is 21.7. The zero-order valence-corrected chi connectivity index (χ0v) is 11.2. The molecule has 0 saturated carbocycles. The Kier molecular flexibility index (Phi) is 3.99. The van der Waals surface area contributed by atoms with Gasteiger partial charge in [0.2, 0.25) is 0 Å². The van der Waals surface area contributed by atoms with Crippen LogP contribution in [-0.4, -0.2) is 14.4 Å². The Morgan fingerprint density at radius 1 is 1.05 bits per heavy atom. The first-order chi connectivity index (χ1) is 9.88. The molecule has 1 aromatic heterocycles. The van der Waals surface area contributed by atoms with E-state index in [4.69, 9.17) is 11.6 Å². The summed E-state index contributed by atoms with van der Waals surface area (Å²) in [5.41, 5.74) is -0.569. The largest absolute Gasteiger partial charge is 0.304 e. The van der Waals surface area contributed by atoms with E-state index in [-0.39, 0.29) is 22.9 Å². The lowest BCUT2D eigenvalue weighted by Gasteiger charge is -2.07. The van der Waals surface area contributed by atoms with Crippen LogP contribution in [0.25, 0.3) is 0 Å². The van der Waals surface area contributed by atoms with Crippen LogP contribution in [0.4, 0.5) is 11.4 Å². The third-order valence-electron chi connectivity index (χ3n) is 2.76. The van der Waals surface area contributed by atoms with E-state index in [0.29, 0.717) is 5.56 Å². The third-order valence-corrected chi connectivity index (χ3v) is 3.13.